The molecule has 2 fully saturated rings. The molecule has 144 valence electrons. The number of amides is 1. The predicted octanol–water partition coefficient (Wildman–Crippen LogP) is 2.73. The molecule has 6 heteroatoms. The monoisotopic (exact) mass is 365 g/mol. The van der Waals surface area contributed by atoms with Crippen molar-refractivity contribution in [2.24, 2.45) is 5.41 Å². The second-order valence-electron chi connectivity index (χ2n) is 8.13. The molecule has 2 aliphatic rings. The van der Waals surface area contributed by atoms with E-state index in [-0.39, 0.29) is 17.1 Å². The second kappa shape index (κ2) is 8.01. The number of halogens is 2. The maximum absolute atomic E-state index is 13.9. The van der Waals surface area contributed by atoms with Gasteiger partial charge in [-0.05, 0) is 70.1 Å². The van der Waals surface area contributed by atoms with Crippen LogP contribution in [-0.2, 0) is 11.3 Å². The van der Waals surface area contributed by atoms with Crippen molar-refractivity contribution in [3.05, 3.63) is 35.4 Å². The van der Waals surface area contributed by atoms with Crippen LogP contribution in [0, 0.1) is 17.0 Å². The quantitative estimate of drug-likeness (QED) is 0.803. The summed E-state index contributed by atoms with van der Waals surface area (Å²) in [5.74, 6) is -0.469. The van der Waals surface area contributed by atoms with Crippen molar-refractivity contribution in [3.63, 3.8) is 0 Å². The Bertz CT molecular complexity index is 642. The van der Waals surface area contributed by atoms with Gasteiger partial charge >= 0.3 is 0 Å². The molecule has 0 bridgehead atoms. The fourth-order valence-corrected chi connectivity index (χ4v) is 4.13. The molecule has 0 radical (unpaired) electrons. The molecule has 0 unspecified atom stereocenters. The van der Waals surface area contributed by atoms with Crippen LogP contribution in [0.3, 0.4) is 0 Å². The number of carbonyl (C=O) groups excluding carboxylic acids is 1. The normalized spacial score (nSPS) is 21.0. The Morgan fingerprint density at radius 1 is 1.15 bits per heavy atom. The lowest BCUT2D eigenvalue weighted by Crippen LogP contribution is -2.52. The Labute approximate surface area is 154 Å². The van der Waals surface area contributed by atoms with Crippen LogP contribution in [0.1, 0.15) is 31.2 Å². The Kier molecular flexibility index (Phi) is 5.92. The smallest absolute Gasteiger partial charge is 0.222 e. The lowest BCUT2D eigenvalue weighted by Gasteiger charge is -2.47. The van der Waals surface area contributed by atoms with E-state index >= 15 is 0 Å². The molecule has 0 atom stereocenters. The summed E-state index contributed by atoms with van der Waals surface area (Å²) in [5.41, 5.74) is 0.615. The van der Waals surface area contributed by atoms with Gasteiger partial charge in [-0.25, -0.2) is 8.78 Å². The van der Waals surface area contributed by atoms with E-state index in [1.807, 2.05) is 19.0 Å². The van der Waals surface area contributed by atoms with Crippen molar-refractivity contribution in [2.45, 2.75) is 32.2 Å². The molecule has 0 aliphatic carbocycles. The first-order valence-electron chi connectivity index (χ1n) is 9.46. The number of rotatable bonds is 5. The summed E-state index contributed by atoms with van der Waals surface area (Å²) in [5, 5.41) is 0. The zero-order valence-corrected chi connectivity index (χ0v) is 15.8. The molecule has 0 aromatic heterocycles. The first kappa shape index (κ1) is 19.2. The SMILES string of the molecule is CN(C)CCN1CC2(CCC1=O)CCN(Cc1cc(F)ccc1F)CC2. The van der Waals surface area contributed by atoms with Crippen LogP contribution >= 0.6 is 0 Å². The standard InChI is InChI=1S/C20H29F2N3O/c1-23(2)11-12-25-15-20(6-5-19(25)26)7-9-24(10-8-20)14-16-13-17(21)3-4-18(16)22/h3-4,13H,5-12,14-15H2,1-2H3. The van der Waals surface area contributed by atoms with Crippen LogP contribution in [0.4, 0.5) is 8.78 Å². The van der Waals surface area contributed by atoms with Crippen LogP contribution in [-0.4, -0.2) is 67.4 Å². The van der Waals surface area contributed by atoms with Crippen molar-refractivity contribution in [1.29, 1.82) is 0 Å². The molecule has 3 rings (SSSR count). The van der Waals surface area contributed by atoms with Gasteiger partial charge in [0.2, 0.25) is 5.91 Å². The predicted molar refractivity (Wildman–Crippen MR) is 97.7 cm³/mol. The highest BCUT2D eigenvalue weighted by atomic mass is 19.1. The average Bonchev–Trinajstić information content (AvgIpc) is 2.61. The summed E-state index contributed by atoms with van der Waals surface area (Å²) in [6, 6.07) is 3.65. The molecule has 2 saturated heterocycles. The first-order chi connectivity index (χ1) is 12.4. The van der Waals surface area contributed by atoms with Gasteiger partial charge in [0, 0.05) is 38.2 Å². The average molecular weight is 365 g/mol. The lowest BCUT2D eigenvalue weighted by molar-refractivity contribution is -0.139. The van der Waals surface area contributed by atoms with Gasteiger partial charge in [-0.2, -0.15) is 0 Å². The maximum atomic E-state index is 13.9. The molecular weight excluding hydrogens is 336 g/mol. The van der Waals surface area contributed by atoms with Gasteiger partial charge < -0.3 is 9.80 Å². The fourth-order valence-electron chi connectivity index (χ4n) is 4.13. The molecular formula is C20H29F2N3O. The number of benzene rings is 1. The van der Waals surface area contributed by atoms with Gasteiger partial charge in [0.15, 0.2) is 0 Å². The van der Waals surface area contributed by atoms with Crippen LogP contribution in [0.5, 0.6) is 0 Å². The number of likely N-dealkylation sites (N-methyl/N-ethyl adjacent to an activating group) is 1. The lowest BCUT2D eigenvalue weighted by atomic mass is 9.72. The van der Waals surface area contributed by atoms with Gasteiger partial charge in [0.05, 0.1) is 0 Å². The van der Waals surface area contributed by atoms with E-state index in [2.05, 4.69) is 9.80 Å². The van der Waals surface area contributed by atoms with Crippen LogP contribution in [0.15, 0.2) is 18.2 Å². The summed E-state index contributed by atoms with van der Waals surface area (Å²) < 4.78 is 27.2. The van der Waals surface area contributed by atoms with Crippen LogP contribution < -0.4 is 0 Å². The Morgan fingerprint density at radius 2 is 1.88 bits per heavy atom. The van der Waals surface area contributed by atoms with E-state index in [1.165, 1.54) is 12.1 Å². The van der Waals surface area contributed by atoms with Crippen molar-refractivity contribution in [3.8, 4) is 0 Å². The number of piperidine rings is 2. The van der Waals surface area contributed by atoms with Crippen molar-refractivity contribution in [2.75, 3.05) is 46.8 Å². The highest BCUT2D eigenvalue weighted by molar-refractivity contribution is 5.77. The zero-order valence-electron chi connectivity index (χ0n) is 15.8. The number of nitrogens with zero attached hydrogens (tertiary/aromatic N) is 3. The van der Waals surface area contributed by atoms with E-state index < -0.39 is 5.82 Å². The highest BCUT2D eigenvalue weighted by Gasteiger charge is 2.40. The topological polar surface area (TPSA) is 26.8 Å². The molecule has 1 aromatic rings. The largest absolute Gasteiger partial charge is 0.341 e. The minimum atomic E-state index is -0.391. The third kappa shape index (κ3) is 4.60. The number of hydrogen-bond donors (Lipinski definition) is 0. The first-order valence-corrected chi connectivity index (χ1v) is 9.46. The van der Waals surface area contributed by atoms with E-state index in [1.54, 1.807) is 0 Å². The van der Waals surface area contributed by atoms with Gasteiger partial charge in [0.1, 0.15) is 11.6 Å². The van der Waals surface area contributed by atoms with E-state index in [0.717, 1.165) is 58.1 Å². The molecule has 1 aromatic carbocycles. The van der Waals surface area contributed by atoms with Crippen LogP contribution in [0.2, 0.25) is 0 Å². The molecule has 1 amide bonds. The minimum Gasteiger partial charge on any atom is -0.341 e. The zero-order chi connectivity index (χ0) is 18.7. The number of likely N-dealkylation sites (tertiary alicyclic amines) is 2. The molecule has 1 spiro atoms. The Balaban J connectivity index is 1.56. The van der Waals surface area contributed by atoms with Crippen LogP contribution in [0.25, 0.3) is 0 Å². The van der Waals surface area contributed by atoms with E-state index in [0.29, 0.717) is 18.5 Å². The fraction of sp³-hybridized carbons (Fsp3) is 0.650. The molecule has 0 saturated carbocycles. The third-order valence-corrected chi connectivity index (χ3v) is 5.88. The molecule has 26 heavy (non-hydrogen) atoms. The molecule has 2 aliphatic heterocycles. The van der Waals surface area contributed by atoms with Gasteiger partial charge in [-0.1, -0.05) is 0 Å². The molecule has 2 heterocycles. The van der Waals surface area contributed by atoms with E-state index in [4.69, 9.17) is 0 Å². The third-order valence-electron chi connectivity index (χ3n) is 5.88. The maximum Gasteiger partial charge on any atom is 0.222 e. The van der Waals surface area contributed by atoms with Gasteiger partial charge in [0.25, 0.3) is 0 Å². The highest BCUT2D eigenvalue weighted by Crippen LogP contribution is 2.40. The molecule has 4 nitrogen and oxygen atoms in total. The summed E-state index contributed by atoms with van der Waals surface area (Å²) in [7, 11) is 4.04. The number of hydrogen-bond acceptors (Lipinski definition) is 3. The minimum absolute atomic E-state index is 0.192. The van der Waals surface area contributed by atoms with E-state index in [9.17, 15) is 13.6 Å². The molecule has 0 N–H and O–H groups in total. The summed E-state index contributed by atoms with van der Waals surface area (Å²) in [6.07, 6.45) is 3.60. The Hall–Kier alpha value is -1.53. The second-order valence-corrected chi connectivity index (χ2v) is 8.13. The van der Waals surface area contributed by atoms with Crippen molar-refractivity contribution < 1.29 is 13.6 Å². The van der Waals surface area contributed by atoms with Crippen molar-refractivity contribution >= 4 is 5.91 Å². The Morgan fingerprint density at radius 3 is 2.58 bits per heavy atom. The number of carbonyl (C=O) groups is 1. The summed E-state index contributed by atoms with van der Waals surface area (Å²) in [6.45, 7) is 4.68. The van der Waals surface area contributed by atoms with Crippen molar-refractivity contribution in [1.82, 2.24) is 14.7 Å². The summed E-state index contributed by atoms with van der Waals surface area (Å²) >= 11 is 0. The van der Waals surface area contributed by atoms with Gasteiger partial charge in [-0.3, -0.25) is 9.69 Å². The van der Waals surface area contributed by atoms with Gasteiger partial charge in [-0.15, -0.1) is 0 Å². The summed E-state index contributed by atoms with van der Waals surface area (Å²) in [4.78, 5) is 18.5.